The maximum absolute atomic E-state index is 9.74. The molecule has 2 unspecified atom stereocenters. The van der Waals surface area contributed by atoms with E-state index in [1.807, 2.05) is 12.1 Å². The van der Waals surface area contributed by atoms with E-state index in [2.05, 4.69) is 0 Å². The van der Waals surface area contributed by atoms with Gasteiger partial charge in [-0.05, 0) is 17.5 Å². The minimum Gasteiger partial charge on any atom is -0.390 e. The lowest BCUT2D eigenvalue weighted by molar-refractivity contribution is 0.0170. The van der Waals surface area contributed by atoms with Crippen LogP contribution < -0.4 is 5.73 Å². The molecule has 0 aliphatic carbocycles. The summed E-state index contributed by atoms with van der Waals surface area (Å²) in [5.74, 6) is 0.332. The summed E-state index contributed by atoms with van der Waals surface area (Å²) in [5.41, 5.74) is 7.14. The molecule has 2 atom stereocenters. The van der Waals surface area contributed by atoms with E-state index in [9.17, 15) is 10.2 Å². The van der Waals surface area contributed by atoms with Gasteiger partial charge in [-0.1, -0.05) is 24.3 Å². The van der Waals surface area contributed by atoms with Crippen LogP contribution in [-0.4, -0.2) is 22.2 Å². The monoisotopic (exact) mass is 229 g/mol. The largest absolute Gasteiger partial charge is 0.390 e. The first-order valence-electron chi connectivity index (χ1n) is 4.90. The topological polar surface area (TPSA) is 66.5 Å². The number of alkyl halides is 1. The van der Waals surface area contributed by atoms with Crippen LogP contribution in [0.5, 0.6) is 0 Å². The molecule has 0 spiro atoms. The van der Waals surface area contributed by atoms with Gasteiger partial charge in [0.05, 0.1) is 6.10 Å². The number of benzene rings is 1. The van der Waals surface area contributed by atoms with Crippen molar-refractivity contribution in [2.24, 2.45) is 5.73 Å². The minimum absolute atomic E-state index is 0.332. The van der Waals surface area contributed by atoms with Crippen LogP contribution in [0, 0.1) is 0 Å². The van der Waals surface area contributed by atoms with Gasteiger partial charge >= 0.3 is 0 Å². The van der Waals surface area contributed by atoms with Crippen LogP contribution in [0.15, 0.2) is 24.3 Å². The van der Waals surface area contributed by atoms with Gasteiger partial charge in [0.25, 0.3) is 0 Å². The maximum Gasteiger partial charge on any atom is 0.105 e. The van der Waals surface area contributed by atoms with Gasteiger partial charge in [0.1, 0.15) is 6.10 Å². The van der Waals surface area contributed by atoms with Crippen LogP contribution in [0.1, 0.15) is 23.7 Å². The highest BCUT2D eigenvalue weighted by atomic mass is 35.5. The number of aliphatic hydroxyl groups excluding tert-OH is 2. The van der Waals surface area contributed by atoms with Crippen molar-refractivity contribution in [3.8, 4) is 0 Å². The van der Waals surface area contributed by atoms with Crippen molar-refractivity contribution in [3.05, 3.63) is 35.4 Å². The molecule has 0 amide bonds. The van der Waals surface area contributed by atoms with Gasteiger partial charge in [-0.3, -0.25) is 0 Å². The molecule has 3 nitrogen and oxygen atoms in total. The number of halogens is 1. The zero-order chi connectivity index (χ0) is 11.3. The first-order valence-corrected chi connectivity index (χ1v) is 5.43. The third kappa shape index (κ3) is 3.47. The van der Waals surface area contributed by atoms with Crippen molar-refractivity contribution < 1.29 is 10.2 Å². The fourth-order valence-electron chi connectivity index (χ4n) is 1.34. The highest BCUT2D eigenvalue weighted by Gasteiger charge is 2.17. The zero-order valence-corrected chi connectivity index (χ0v) is 9.19. The number of nitrogens with two attached hydrogens (primary N) is 1. The minimum atomic E-state index is -0.879. The third-order valence-electron chi connectivity index (χ3n) is 2.33. The van der Waals surface area contributed by atoms with E-state index in [0.29, 0.717) is 24.4 Å². The lowest BCUT2D eigenvalue weighted by Crippen LogP contribution is -2.18. The molecule has 0 bridgehead atoms. The number of hydrogen-bond donors (Lipinski definition) is 3. The molecular formula is C11H16ClNO2. The quantitative estimate of drug-likeness (QED) is 0.664. The summed E-state index contributed by atoms with van der Waals surface area (Å²) in [7, 11) is 0. The van der Waals surface area contributed by atoms with E-state index in [1.165, 1.54) is 0 Å². The van der Waals surface area contributed by atoms with Crippen molar-refractivity contribution in [3.63, 3.8) is 0 Å². The van der Waals surface area contributed by atoms with E-state index in [-0.39, 0.29) is 0 Å². The van der Waals surface area contributed by atoms with E-state index >= 15 is 0 Å². The molecule has 0 aliphatic heterocycles. The lowest BCUT2D eigenvalue weighted by atomic mass is 10.0. The smallest absolute Gasteiger partial charge is 0.105 e. The third-order valence-corrected chi connectivity index (χ3v) is 2.54. The molecule has 0 saturated carbocycles. The van der Waals surface area contributed by atoms with Crippen LogP contribution in [0.4, 0.5) is 0 Å². The van der Waals surface area contributed by atoms with E-state index in [4.69, 9.17) is 17.3 Å². The Kier molecular flexibility index (Phi) is 5.05. The highest BCUT2D eigenvalue weighted by Crippen LogP contribution is 2.19. The number of rotatable bonds is 5. The molecular weight excluding hydrogens is 214 g/mol. The Morgan fingerprint density at radius 2 is 1.80 bits per heavy atom. The van der Waals surface area contributed by atoms with Crippen LogP contribution in [0.25, 0.3) is 0 Å². The molecule has 0 heterocycles. The van der Waals surface area contributed by atoms with Gasteiger partial charge in [-0.2, -0.15) is 0 Å². The van der Waals surface area contributed by atoms with Gasteiger partial charge in [0.2, 0.25) is 0 Å². The molecule has 4 N–H and O–H groups in total. The number of hydrogen-bond acceptors (Lipinski definition) is 3. The molecule has 0 aliphatic rings. The summed E-state index contributed by atoms with van der Waals surface area (Å²) < 4.78 is 0. The van der Waals surface area contributed by atoms with Crippen molar-refractivity contribution in [1.29, 1.82) is 0 Å². The zero-order valence-electron chi connectivity index (χ0n) is 8.44. The first kappa shape index (κ1) is 12.5. The summed E-state index contributed by atoms with van der Waals surface area (Å²) in [6.45, 7) is 0.473. The Labute approximate surface area is 94.5 Å². The second-order valence-corrected chi connectivity index (χ2v) is 3.81. The highest BCUT2D eigenvalue weighted by molar-refractivity contribution is 6.17. The van der Waals surface area contributed by atoms with Crippen molar-refractivity contribution in [2.75, 3.05) is 5.88 Å². The fourth-order valence-corrected chi connectivity index (χ4v) is 1.57. The van der Waals surface area contributed by atoms with E-state index < -0.39 is 12.2 Å². The summed E-state index contributed by atoms with van der Waals surface area (Å²) in [6, 6.07) is 7.21. The molecule has 0 aromatic heterocycles. The molecule has 84 valence electrons. The van der Waals surface area contributed by atoms with E-state index in [0.717, 1.165) is 5.56 Å². The SMILES string of the molecule is NCc1ccc(C(O)C(O)CCCl)cc1. The Balaban J connectivity index is 2.69. The number of aliphatic hydroxyl groups is 2. The molecule has 4 heteroatoms. The summed E-state index contributed by atoms with van der Waals surface area (Å²) in [6.07, 6.45) is -1.32. The predicted octanol–water partition coefficient (Wildman–Crippen LogP) is 1.17. The van der Waals surface area contributed by atoms with Crippen molar-refractivity contribution in [1.82, 2.24) is 0 Å². The van der Waals surface area contributed by atoms with Gasteiger partial charge in [-0.15, -0.1) is 11.6 Å². The van der Waals surface area contributed by atoms with Crippen molar-refractivity contribution in [2.45, 2.75) is 25.2 Å². The Bertz CT molecular complexity index is 289. The molecule has 1 rings (SSSR count). The predicted molar refractivity (Wildman–Crippen MR) is 60.6 cm³/mol. The van der Waals surface area contributed by atoms with Gasteiger partial charge in [0.15, 0.2) is 0 Å². The molecule has 1 aromatic carbocycles. The van der Waals surface area contributed by atoms with Crippen LogP contribution in [-0.2, 0) is 6.54 Å². The van der Waals surface area contributed by atoms with Gasteiger partial charge in [0, 0.05) is 12.4 Å². The van der Waals surface area contributed by atoms with Gasteiger partial charge < -0.3 is 15.9 Å². The first-order chi connectivity index (χ1) is 7.19. The Morgan fingerprint density at radius 3 is 2.27 bits per heavy atom. The second-order valence-electron chi connectivity index (χ2n) is 3.44. The molecule has 0 saturated heterocycles. The second kappa shape index (κ2) is 6.08. The lowest BCUT2D eigenvalue weighted by Gasteiger charge is -2.17. The fraction of sp³-hybridized carbons (Fsp3) is 0.455. The average Bonchev–Trinajstić information content (AvgIpc) is 2.28. The van der Waals surface area contributed by atoms with Crippen LogP contribution >= 0.6 is 11.6 Å². The summed E-state index contributed by atoms with van der Waals surface area (Å²) in [5, 5.41) is 19.3. The van der Waals surface area contributed by atoms with Crippen LogP contribution in [0.2, 0.25) is 0 Å². The van der Waals surface area contributed by atoms with Crippen molar-refractivity contribution >= 4 is 11.6 Å². The average molecular weight is 230 g/mol. The van der Waals surface area contributed by atoms with E-state index in [1.54, 1.807) is 12.1 Å². The molecule has 0 radical (unpaired) electrons. The summed E-state index contributed by atoms with van der Waals surface area (Å²) in [4.78, 5) is 0. The summed E-state index contributed by atoms with van der Waals surface area (Å²) >= 11 is 5.49. The molecule has 0 fully saturated rings. The Morgan fingerprint density at radius 1 is 1.20 bits per heavy atom. The standard InChI is InChI=1S/C11H16ClNO2/c12-6-5-10(14)11(15)9-3-1-8(7-13)2-4-9/h1-4,10-11,14-15H,5-7,13H2. The normalized spacial score (nSPS) is 14.9. The van der Waals surface area contributed by atoms with Crippen LogP contribution in [0.3, 0.4) is 0 Å². The molecule has 15 heavy (non-hydrogen) atoms. The molecule has 1 aromatic rings. The van der Waals surface area contributed by atoms with Gasteiger partial charge in [-0.25, -0.2) is 0 Å². The maximum atomic E-state index is 9.74. The Hall–Kier alpha value is -0.610.